The molecule has 0 aliphatic carbocycles. The largest absolute Gasteiger partial charge is 0.457 e. The van der Waals surface area contributed by atoms with Gasteiger partial charge in [0.05, 0.1) is 6.26 Å². The summed E-state index contributed by atoms with van der Waals surface area (Å²) >= 11 is 5.13. The number of esters is 1. The highest BCUT2D eigenvalue weighted by Crippen LogP contribution is 2.01. The van der Waals surface area contributed by atoms with Crippen LogP contribution in [0, 0.1) is 0 Å². The van der Waals surface area contributed by atoms with Gasteiger partial charge in [0, 0.05) is 0 Å². The molecule has 0 spiro atoms. The van der Waals surface area contributed by atoms with E-state index in [0.717, 1.165) is 0 Å². The van der Waals surface area contributed by atoms with Crippen molar-refractivity contribution < 1.29 is 13.9 Å². The molecule has 0 aliphatic rings. The van der Waals surface area contributed by atoms with Crippen LogP contribution in [0.4, 0.5) is 0 Å². The normalized spacial score (nSPS) is 9.30. The molecule has 1 aromatic heterocycles. The lowest BCUT2D eigenvalue weighted by Crippen LogP contribution is -2.01. The number of hydrogen-bond donors (Lipinski definition) is 0. The van der Waals surface area contributed by atoms with Gasteiger partial charge in [-0.1, -0.05) is 11.6 Å². The monoisotopic (exact) mass is 160 g/mol. The van der Waals surface area contributed by atoms with E-state index in [0.29, 0.717) is 0 Å². The number of carbonyl (C=O) groups is 1. The Morgan fingerprint density at radius 3 is 3.10 bits per heavy atom. The zero-order valence-corrected chi connectivity index (χ0v) is 5.80. The van der Waals surface area contributed by atoms with Crippen LogP contribution in [0.2, 0.25) is 0 Å². The molecule has 0 radical (unpaired) electrons. The number of alkyl halides is 1. The first-order chi connectivity index (χ1) is 4.84. The Kier molecular flexibility index (Phi) is 2.34. The fourth-order valence-electron chi connectivity index (χ4n) is 0.515. The summed E-state index contributed by atoms with van der Waals surface area (Å²) in [5, 5.41) is 0. The van der Waals surface area contributed by atoms with Crippen molar-refractivity contribution in [2.24, 2.45) is 0 Å². The van der Waals surface area contributed by atoms with E-state index in [1.807, 2.05) is 0 Å². The van der Waals surface area contributed by atoms with Gasteiger partial charge in [0.15, 0.2) is 6.07 Å². The van der Waals surface area contributed by atoms with Crippen LogP contribution in [0.3, 0.4) is 0 Å². The Morgan fingerprint density at radius 1 is 1.80 bits per heavy atom. The van der Waals surface area contributed by atoms with Crippen molar-refractivity contribution in [3.05, 3.63) is 24.2 Å². The van der Waals surface area contributed by atoms with E-state index in [1.165, 1.54) is 12.3 Å². The van der Waals surface area contributed by atoms with Crippen LogP contribution in [0.15, 0.2) is 22.8 Å². The van der Waals surface area contributed by atoms with Gasteiger partial charge in [-0.3, -0.25) is 0 Å². The third-order valence-electron chi connectivity index (χ3n) is 0.908. The molecule has 0 saturated carbocycles. The summed E-state index contributed by atoms with van der Waals surface area (Å²) in [5.74, 6) is -0.374. The van der Waals surface area contributed by atoms with Crippen LogP contribution in [0.5, 0.6) is 0 Å². The van der Waals surface area contributed by atoms with Crippen molar-refractivity contribution in [2.45, 2.75) is 0 Å². The van der Waals surface area contributed by atoms with Gasteiger partial charge in [-0.05, 0) is 12.1 Å². The number of rotatable bonds is 2. The minimum atomic E-state index is -0.542. The molecule has 1 aromatic rings. The third kappa shape index (κ3) is 1.51. The highest BCUT2D eigenvalue weighted by atomic mass is 35.5. The van der Waals surface area contributed by atoms with Crippen LogP contribution >= 0.6 is 11.6 Å². The number of furan rings is 1. The Labute approximate surface area is 62.5 Å². The molecule has 0 aromatic carbocycles. The predicted molar refractivity (Wildman–Crippen MR) is 34.8 cm³/mol. The molecule has 4 heteroatoms. The zero-order chi connectivity index (χ0) is 7.40. The lowest BCUT2D eigenvalue weighted by molar-refractivity contribution is 0.0538. The first-order valence-electron chi connectivity index (χ1n) is 2.61. The lowest BCUT2D eigenvalue weighted by Gasteiger charge is -1.93. The van der Waals surface area contributed by atoms with E-state index in [4.69, 9.17) is 16.0 Å². The fraction of sp³-hybridized carbons (Fsp3) is 0.167. The van der Waals surface area contributed by atoms with Crippen LogP contribution in [-0.2, 0) is 4.74 Å². The van der Waals surface area contributed by atoms with Crippen molar-refractivity contribution in [3.63, 3.8) is 0 Å². The molecular weight excluding hydrogens is 156 g/mol. The first kappa shape index (κ1) is 7.15. The van der Waals surface area contributed by atoms with Gasteiger partial charge in [-0.2, -0.15) is 0 Å². The number of halogens is 1. The van der Waals surface area contributed by atoms with Gasteiger partial charge in [0.1, 0.15) is 0 Å². The Balaban J connectivity index is 2.59. The van der Waals surface area contributed by atoms with Crippen molar-refractivity contribution in [1.29, 1.82) is 0 Å². The van der Waals surface area contributed by atoms with Gasteiger partial charge in [-0.25, -0.2) is 4.79 Å². The van der Waals surface area contributed by atoms with E-state index >= 15 is 0 Å². The summed E-state index contributed by atoms with van der Waals surface area (Å²) < 4.78 is 9.13. The maximum atomic E-state index is 10.7. The fourth-order valence-corrected chi connectivity index (χ4v) is 0.614. The van der Waals surface area contributed by atoms with Crippen molar-refractivity contribution in [3.8, 4) is 0 Å². The summed E-state index contributed by atoms with van der Waals surface area (Å²) in [5.41, 5.74) is 0. The molecule has 0 atom stereocenters. The summed E-state index contributed by atoms with van der Waals surface area (Å²) in [6, 6.07) is 2.96. The van der Waals surface area contributed by atoms with Crippen molar-refractivity contribution >= 4 is 17.6 Å². The van der Waals surface area contributed by atoms with E-state index in [-0.39, 0.29) is 11.8 Å². The molecule has 0 bridgehead atoms. The summed E-state index contributed by atoms with van der Waals surface area (Å²) in [6.07, 6.45) is 1.39. The maximum absolute atomic E-state index is 10.7. The highest BCUT2D eigenvalue weighted by molar-refractivity contribution is 6.17. The van der Waals surface area contributed by atoms with Gasteiger partial charge in [-0.15, -0.1) is 0 Å². The Hall–Kier alpha value is -0.960. The number of carbonyl (C=O) groups excluding carboxylic acids is 1. The SMILES string of the molecule is O=C(OCCl)c1ccco1. The molecule has 1 heterocycles. The highest BCUT2D eigenvalue weighted by Gasteiger charge is 2.07. The second-order valence-corrected chi connectivity index (χ2v) is 1.74. The molecule has 10 heavy (non-hydrogen) atoms. The minimum absolute atomic E-state index is 0.153. The Bertz CT molecular complexity index is 205. The summed E-state index contributed by atoms with van der Waals surface area (Å²) in [6.45, 7) is 0. The minimum Gasteiger partial charge on any atom is -0.457 e. The van der Waals surface area contributed by atoms with Crippen LogP contribution < -0.4 is 0 Å². The number of hydrogen-bond acceptors (Lipinski definition) is 3. The molecule has 54 valence electrons. The van der Waals surface area contributed by atoms with Gasteiger partial charge < -0.3 is 9.15 Å². The Morgan fingerprint density at radius 2 is 2.60 bits per heavy atom. The van der Waals surface area contributed by atoms with Crippen LogP contribution in [0.25, 0.3) is 0 Å². The van der Waals surface area contributed by atoms with Crippen molar-refractivity contribution in [2.75, 3.05) is 6.07 Å². The topological polar surface area (TPSA) is 39.4 Å². The van der Waals surface area contributed by atoms with E-state index in [9.17, 15) is 4.79 Å². The third-order valence-corrected chi connectivity index (χ3v) is 1.02. The van der Waals surface area contributed by atoms with Crippen LogP contribution in [-0.4, -0.2) is 12.0 Å². The quantitative estimate of drug-likeness (QED) is 0.488. The second kappa shape index (κ2) is 3.27. The average molecular weight is 161 g/mol. The average Bonchev–Trinajstić information content (AvgIpc) is 2.38. The summed E-state index contributed by atoms with van der Waals surface area (Å²) in [7, 11) is 0. The summed E-state index contributed by atoms with van der Waals surface area (Å²) in [4.78, 5) is 10.7. The van der Waals surface area contributed by atoms with Crippen LogP contribution in [0.1, 0.15) is 10.6 Å². The van der Waals surface area contributed by atoms with E-state index in [1.54, 1.807) is 6.07 Å². The predicted octanol–water partition coefficient (Wildman–Crippen LogP) is 1.63. The van der Waals surface area contributed by atoms with Gasteiger partial charge in [0.2, 0.25) is 5.76 Å². The molecule has 0 aliphatic heterocycles. The smallest absolute Gasteiger partial charge is 0.375 e. The first-order valence-corrected chi connectivity index (χ1v) is 3.14. The lowest BCUT2D eigenvalue weighted by atomic mass is 10.5. The molecule has 0 amide bonds. The van der Waals surface area contributed by atoms with E-state index in [2.05, 4.69) is 4.74 Å². The molecule has 0 unspecified atom stereocenters. The maximum Gasteiger partial charge on any atom is 0.375 e. The standard InChI is InChI=1S/C6H5ClO3/c7-4-10-6(8)5-2-1-3-9-5/h1-3H,4H2. The van der Waals surface area contributed by atoms with E-state index < -0.39 is 5.97 Å². The molecule has 0 N–H and O–H groups in total. The molecular formula is C6H5ClO3. The number of ether oxygens (including phenoxy) is 1. The zero-order valence-electron chi connectivity index (χ0n) is 5.04. The molecule has 0 fully saturated rings. The second-order valence-electron chi connectivity index (χ2n) is 1.52. The molecule has 3 nitrogen and oxygen atoms in total. The van der Waals surface area contributed by atoms with Gasteiger partial charge in [0.25, 0.3) is 0 Å². The molecule has 1 rings (SSSR count). The van der Waals surface area contributed by atoms with Crippen molar-refractivity contribution in [1.82, 2.24) is 0 Å². The van der Waals surface area contributed by atoms with Gasteiger partial charge >= 0.3 is 5.97 Å². The molecule has 0 saturated heterocycles.